The van der Waals surface area contributed by atoms with E-state index in [1.165, 1.54) is 44.5 Å². The zero-order chi connectivity index (χ0) is 25.6. The summed E-state index contributed by atoms with van der Waals surface area (Å²) in [7, 11) is -1.10. The summed E-state index contributed by atoms with van der Waals surface area (Å²) in [5, 5.41) is 20.3. The minimum absolute atomic E-state index is 0.0447. The number of halogens is 1. The number of esters is 1. The first-order valence-corrected chi connectivity index (χ1v) is 12.4. The number of rotatable bonds is 10. The highest BCUT2D eigenvalue weighted by atomic mass is 32.2. The summed E-state index contributed by atoms with van der Waals surface area (Å²) >= 11 is 0. The van der Waals surface area contributed by atoms with Crippen LogP contribution in [0, 0.1) is 5.82 Å². The number of carbonyl (C=O) groups excluding carboxylic acids is 1. The molecule has 34 heavy (non-hydrogen) atoms. The van der Waals surface area contributed by atoms with Crippen LogP contribution < -0.4 is 4.31 Å². The molecule has 1 aromatic carbocycles. The lowest BCUT2D eigenvalue weighted by atomic mass is 9.97. The zero-order valence-electron chi connectivity index (χ0n) is 19.8. The average molecular weight is 496 g/mol. The number of aliphatic hydroxyl groups excluding tert-OH is 2. The molecule has 2 N–H and O–H groups in total. The Morgan fingerprint density at radius 2 is 1.82 bits per heavy atom. The molecule has 1 heterocycles. The quantitative estimate of drug-likeness (QED) is 0.481. The van der Waals surface area contributed by atoms with E-state index in [0.717, 1.165) is 10.6 Å². The number of aromatic nitrogens is 2. The van der Waals surface area contributed by atoms with Gasteiger partial charge >= 0.3 is 5.97 Å². The predicted octanol–water partition coefficient (Wildman–Crippen LogP) is 2.49. The highest BCUT2D eigenvalue weighted by molar-refractivity contribution is 7.92. The van der Waals surface area contributed by atoms with Gasteiger partial charge in [0.2, 0.25) is 16.0 Å². The number of sulfonamides is 1. The monoisotopic (exact) mass is 495 g/mol. The molecule has 0 amide bonds. The maximum Gasteiger partial charge on any atom is 0.308 e. The van der Waals surface area contributed by atoms with Gasteiger partial charge in [-0.3, -0.25) is 4.79 Å². The van der Waals surface area contributed by atoms with Crippen LogP contribution in [0.15, 0.2) is 30.3 Å². The minimum Gasteiger partial charge on any atom is -0.469 e. The highest BCUT2D eigenvalue weighted by Gasteiger charge is 2.22. The maximum absolute atomic E-state index is 13.5. The van der Waals surface area contributed by atoms with E-state index in [2.05, 4.69) is 14.7 Å². The van der Waals surface area contributed by atoms with E-state index in [0.29, 0.717) is 22.5 Å². The Morgan fingerprint density at radius 3 is 2.35 bits per heavy atom. The number of hydrogen-bond acceptors (Lipinski definition) is 8. The number of nitrogens with zero attached hydrogens (tertiary/aromatic N) is 3. The minimum atomic E-state index is -3.64. The molecule has 0 saturated carbocycles. The van der Waals surface area contributed by atoms with Crippen LogP contribution >= 0.6 is 0 Å². The van der Waals surface area contributed by atoms with Gasteiger partial charge in [0.15, 0.2) is 0 Å². The van der Waals surface area contributed by atoms with Gasteiger partial charge in [-0.1, -0.05) is 26.0 Å². The molecule has 0 bridgehead atoms. The fraction of sp³-hybridized carbons (Fsp3) is 0.435. The largest absolute Gasteiger partial charge is 0.469 e. The van der Waals surface area contributed by atoms with Crippen LogP contribution in [0.2, 0.25) is 0 Å². The van der Waals surface area contributed by atoms with E-state index in [-0.39, 0.29) is 24.7 Å². The molecule has 0 saturated heterocycles. The van der Waals surface area contributed by atoms with E-state index in [4.69, 9.17) is 0 Å². The van der Waals surface area contributed by atoms with Crippen molar-refractivity contribution in [2.75, 3.05) is 24.7 Å². The van der Waals surface area contributed by atoms with Crippen molar-refractivity contribution in [3.63, 3.8) is 0 Å². The topological polar surface area (TPSA) is 130 Å². The van der Waals surface area contributed by atoms with Crippen molar-refractivity contribution >= 4 is 28.0 Å². The second kappa shape index (κ2) is 11.5. The molecule has 0 spiro atoms. The van der Waals surface area contributed by atoms with Crippen LogP contribution in [-0.4, -0.2) is 67.2 Å². The molecule has 0 unspecified atom stereocenters. The fourth-order valence-electron chi connectivity index (χ4n) is 3.12. The maximum atomic E-state index is 13.5. The number of anilines is 1. The molecular formula is C23H30FN3O6S. The number of aliphatic hydroxyl groups is 2. The van der Waals surface area contributed by atoms with Crippen molar-refractivity contribution in [2.45, 2.75) is 44.8 Å². The van der Waals surface area contributed by atoms with Crippen molar-refractivity contribution < 1.29 is 32.6 Å². The van der Waals surface area contributed by atoms with Crippen molar-refractivity contribution in [2.24, 2.45) is 0 Å². The van der Waals surface area contributed by atoms with Gasteiger partial charge in [-0.05, 0) is 30.2 Å². The number of hydrogen-bond donors (Lipinski definition) is 2. The van der Waals surface area contributed by atoms with Crippen LogP contribution in [0.1, 0.15) is 43.9 Å². The van der Waals surface area contributed by atoms with Gasteiger partial charge in [-0.15, -0.1) is 0 Å². The first-order valence-electron chi connectivity index (χ1n) is 10.6. The molecule has 0 aliphatic heterocycles. The van der Waals surface area contributed by atoms with Gasteiger partial charge in [0, 0.05) is 24.6 Å². The van der Waals surface area contributed by atoms with Crippen LogP contribution in [0.25, 0.3) is 17.3 Å². The fourth-order valence-corrected chi connectivity index (χ4v) is 3.50. The number of ether oxygens (including phenoxy) is 1. The van der Waals surface area contributed by atoms with E-state index in [1.807, 2.05) is 13.8 Å². The Balaban J connectivity index is 2.57. The Morgan fingerprint density at radius 1 is 1.21 bits per heavy atom. The lowest BCUT2D eigenvalue weighted by molar-refractivity contribution is -0.143. The number of carbonyl (C=O) groups is 1. The van der Waals surface area contributed by atoms with Crippen molar-refractivity contribution in [3.05, 3.63) is 47.4 Å². The Bertz CT molecular complexity index is 1140. The summed E-state index contributed by atoms with van der Waals surface area (Å²) in [6, 6.07) is 5.55. The molecule has 0 aliphatic carbocycles. The average Bonchev–Trinajstić information content (AvgIpc) is 2.76. The summed E-state index contributed by atoms with van der Waals surface area (Å²) in [5.41, 5.74) is 1.89. The lowest BCUT2D eigenvalue weighted by Gasteiger charge is -2.20. The van der Waals surface area contributed by atoms with Crippen LogP contribution in [0.4, 0.5) is 10.3 Å². The van der Waals surface area contributed by atoms with Crippen molar-refractivity contribution in [1.82, 2.24) is 9.97 Å². The summed E-state index contributed by atoms with van der Waals surface area (Å²) < 4.78 is 43.2. The van der Waals surface area contributed by atoms with Crippen LogP contribution in [0.3, 0.4) is 0 Å². The van der Waals surface area contributed by atoms with Crippen LogP contribution in [-0.2, 0) is 19.6 Å². The first-order chi connectivity index (χ1) is 15.8. The van der Waals surface area contributed by atoms with E-state index >= 15 is 0 Å². The molecule has 2 atom stereocenters. The normalized spacial score (nSPS) is 13.8. The van der Waals surface area contributed by atoms with Gasteiger partial charge in [-0.2, -0.15) is 0 Å². The molecule has 9 nitrogen and oxygen atoms in total. The summed E-state index contributed by atoms with van der Waals surface area (Å²) in [4.78, 5) is 20.2. The molecule has 0 radical (unpaired) electrons. The van der Waals surface area contributed by atoms with Gasteiger partial charge in [-0.25, -0.2) is 27.1 Å². The summed E-state index contributed by atoms with van der Waals surface area (Å²) in [5.74, 6) is -1.24. The Hall–Kier alpha value is -2.89. The first kappa shape index (κ1) is 27.4. The molecular weight excluding hydrogens is 465 g/mol. The standard InChI is InChI=1S/C23H30FN3O6S/c1-14(2)21-19(11-10-17(28)12-18(29)13-20(30)33-4)22(15-6-8-16(24)9-7-15)26-23(25-21)27(3)34(5,31)32/h6-11,14,17-18,28-29H,12-13H2,1-5H3/b11-10+/t17-,18-/m1/s1. The van der Waals surface area contributed by atoms with Crippen LogP contribution in [0.5, 0.6) is 0 Å². The predicted molar refractivity (Wildman–Crippen MR) is 127 cm³/mol. The van der Waals surface area contributed by atoms with Gasteiger partial charge in [0.1, 0.15) is 5.82 Å². The van der Waals surface area contributed by atoms with E-state index in [9.17, 15) is 27.8 Å². The van der Waals surface area contributed by atoms with Crippen molar-refractivity contribution in [1.29, 1.82) is 0 Å². The molecule has 1 aromatic heterocycles. The molecule has 0 fully saturated rings. The Labute approximate surface area is 199 Å². The third-order valence-corrected chi connectivity index (χ3v) is 6.19. The Kier molecular flexibility index (Phi) is 9.25. The molecule has 11 heteroatoms. The SMILES string of the molecule is COC(=O)C[C@H](O)C[C@H](O)/C=C/c1c(-c2ccc(F)cc2)nc(N(C)S(C)(=O)=O)nc1C(C)C. The third kappa shape index (κ3) is 7.31. The molecule has 186 valence electrons. The lowest BCUT2D eigenvalue weighted by Crippen LogP contribution is -2.27. The second-order valence-electron chi connectivity index (χ2n) is 8.16. The van der Waals surface area contributed by atoms with E-state index < -0.39 is 34.0 Å². The summed E-state index contributed by atoms with van der Waals surface area (Å²) in [6.07, 6.45) is 1.48. The zero-order valence-corrected chi connectivity index (χ0v) is 20.6. The molecule has 2 rings (SSSR count). The molecule has 2 aromatic rings. The van der Waals surface area contributed by atoms with Crippen molar-refractivity contribution in [3.8, 4) is 11.3 Å². The summed E-state index contributed by atoms with van der Waals surface area (Å²) in [6.45, 7) is 3.74. The van der Waals surface area contributed by atoms with Gasteiger partial charge < -0.3 is 14.9 Å². The van der Waals surface area contributed by atoms with Gasteiger partial charge in [0.05, 0.1) is 43.4 Å². The van der Waals surface area contributed by atoms with E-state index in [1.54, 1.807) is 6.08 Å². The third-order valence-electron chi connectivity index (χ3n) is 5.04. The number of benzene rings is 1. The molecule has 0 aliphatic rings. The number of methoxy groups -OCH3 is 1. The van der Waals surface area contributed by atoms with Gasteiger partial charge in [0.25, 0.3) is 0 Å². The highest BCUT2D eigenvalue weighted by Crippen LogP contribution is 2.31. The smallest absolute Gasteiger partial charge is 0.308 e. The second-order valence-corrected chi connectivity index (χ2v) is 10.2.